The molecule has 0 aliphatic rings. The third-order valence-corrected chi connectivity index (χ3v) is 2.93. The SMILES string of the molecule is CC(C)Nc1ncccc1C(=O)Nc1ccccc1Cl. The van der Waals surface area contributed by atoms with Gasteiger partial charge in [-0.25, -0.2) is 4.98 Å². The Labute approximate surface area is 123 Å². The van der Waals surface area contributed by atoms with Crippen molar-refractivity contribution < 1.29 is 4.79 Å². The molecular weight excluding hydrogens is 274 g/mol. The van der Waals surface area contributed by atoms with Crippen LogP contribution in [0.1, 0.15) is 24.2 Å². The summed E-state index contributed by atoms with van der Waals surface area (Å²) >= 11 is 6.03. The molecule has 0 saturated carbocycles. The van der Waals surface area contributed by atoms with E-state index in [1.165, 1.54) is 0 Å². The van der Waals surface area contributed by atoms with Crippen LogP contribution in [0.2, 0.25) is 5.02 Å². The number of nitrogens with one attached hydrogen (secondary N) is 2. The molecule has 1 amide bonds. The average molecular weight is 290 g/mol. The molecule has 0 aliphatic carbocycles. The number of hydrogen-bond donors (Lipinski definition) is 2. The van der Waals surface area contributed by atoms with E-state index in [-0.39, 0.29) is 11.9 Å². The number of carbonyl (C=O) groups excluding carboxylic acids is 1. The standard InChI is InChI=1S/C15H16ClN3O/c1-10(2)18-14-11(6-5-9-17-14)15(20)19-13-8-4-3-7-12(13)16/h3-10H,1-2H3,(H,17,18)(H,19,20). The Hall–Kier alpha value is -2.07. The summed E-state index contributed by atoms with van der Waals surface area (Å²) in [4.78, 5) is 16.5. The molecule has 0 bridgehead atoms. The van der Waals surface area contributed by atoms with Crippen molar-refractivity contribution in [2.24, 2.45) is 0 Å². The lowest BCUT2D eigenvalue weighted by Crippen LogP contribution is -2.18. The minimum atomic E-state index is -0.241. The van der Waals surface area contributed by atoms with E-state index in [2.05, 4.69) is 15.6 Å². The molecule has 0 aliphatic heterocycles. The van der Waals surface area contributed by atoms with Crippen LogP contribution < -0.4 is 10.6 Å². The van der Waals surface area contributed by atoms with E-state index in [1.54, 1.807) is 30.5 Å². The highest BCUT2D eigenvalue weighted by atomic mass is 35.5. The second kappa shape index (κ2) is 6.39. The maximum atomic E-state index is 12.3. The molecule has 5 heteroatoms. The largest absolute Gasteiger partial charge is 0.367 e. The van der Waals surface area contributed by atoms with Crippen molar-refractivity contribution in [2.75, 3.05) is 10.6 Å². The summed E-state index contributed by atoms with van der Waals surface area (Å²) in [6.45, 7) is 3.98. The summed E-state index contributed by atoms with van der Waals surface area (Å²) in [6, 6.07) is 10.8. The Morgan fingerprint density at radius 2 is 1.95 bits per heavy atom. The minimum Gasteiger partial charge on any atom is -0.367 e. The Kier molecular flexibility index (Phi) is 4.58. The highest BCUT2D eigenvalue weighted by molar-refractivity contribution is 6.34. The molecule has 1 aromatic carbocycles. The van der Waals surface area contributed by atoms with Gasteiger partial charge in [-0.05, 0) is 38.1 Å². The molecule has 0 spiro atoms. The number of nitrogens with zero attached hydrogens (tertiary/aromatic N) is 1. The topological polar surface area (TPSA) is 54.0 Å². The molecular formula is C15H16ClN3O. The number of benzene rings is 1. The molecule has 0 fully saturated rings. The van der Waals surface area contributed by atoms with Gasteiger partial charge < -0.3 is 10.6 Å². The lowest BCUT2D eigenvalue weighted by atomic mass is 10.2. The van der Waals surface area contributed by atoms with Gasteiger partial charge in [0.25, 0.3) is 5.91 Å². The monoisotopic (exact) mass is 289 g/mol. The highest BCUT2D eigenvalue weighted by Gasteiger charge is 2.14. The van der Waals surface area contributed by atoms with Crippen molar-refractivity contribution in [3.63, 3.8) is 0 Å². The maximum absolute atomic E-state index is 12.3. The number of anilines is 2. The first-order valence-corrected chi connectivity index (χ1v) is 6.73. The molecule has 0 saturated heterocycles. The zero-order chi connectivity index (χ0) is 14.5. The van der Waals surface area contributed by atoms with E-state index in [1.807, 2.05) is 26.0 Å². The van der Waals surface area contributed by atoms with Crippen LogP contribution in [0.5, 0.6) is 0 Å². The van der Waals surface area contributed by atoms with E-state index >= 15 is 0 Å². The van der Waals surface area contributed by atoms with Crippen LogP contribution in [0.3, 0.4) is 0 Å². The summed E-state index contributed by atoms with van der Waals surface area (Å²) in [5.41, 5.74) is 1.07. The Bertz CT molecular complexity index is 614. The zero-order valence-corrected chi connectivity index (χ0v) is 12.1. The molecule has 1 aromatic heterocycles. The van der Waals surface area contributed by atoms with Crippen molar-refractivity contribution in [1.82, 2.24) is 4.98 Å². The fourth-order valence-electron chi connectivity index (χ4n) is 1.73. The molecule has 20 heavy (non-hydrogen) atoms. The van der Waals surface area contributed by atoms with Gasteiger partial charge in [0.2, 0.25) is 0 Å². The smallest absolute Gasteiger partial charge is 0.259 e. The lowest BCUT2D eigenvalue weighted by Gasteiger charge is -2.13. The van der Waals surface area contributed by atoms with Crippen LogP contribution in [0.4, 0.5) is 11.5 Å². The quantitative estimate of drug-likeness (QED) is 0.900. The van der Waals surface area contributed by atoms with Crippen LogP contribution in [-0.4, -0.2) is 16.9 Å². The fraction of sp³-hybridized carbons (Fsp3) is 0.200. The molecule has 2 aromatic rings. The first kappa shape index (κ1) is 14.3. The van der Waals surface area contributed by atoms with Crippen molar-refractivity contribution in [2.45, 2.75) is 19.9 Å². The first-order valence-electron chi connectivity index (χ1n) is 6.35. The second-order valence-corrected chi connectivity index (χ2v) is 5.04. The summed E-state index contributed by atoms with van der Waals surface area (Å²) in [5.74, 6) is 0.321. The number of carbonyl (C=O) groups is 1. The van der Waals surface area contributed by atoms with E-state index in [0.717, 1.165) is 0 Å². The molecule has 2 rings (SSSR count). The lowest BCUT2D eigenvalue weighted by molar-refractivity contribution is 0.102. The molecule has 104 valence electrons. The fourth-order valence-corrected chi connectivity index (χ4v) is 1.91. The van der Waals surface area contributed by atoms with Crippen LogP contribution in [0, 0.1) is 0 Å². The minimum absolute atomic E-state index is 0.191. The summed E-state index contributed by atoms with van der Waals surface area (Å²) in [6.07, 6.45) is 1.65. The Morgan fingerprint density at radius 3 is 2.65 bits per heavy atom. The Balaban J connectivity index is 2.23. The molecule has 0 radical (unpaired) electrons. The average Bonchev–Trinajstić information content (AvgIpc) is 2.41. The van der Waals surface area contributed by atoms with Crippen molar-refractivity contribution in [3.8, 4) is 0 Å². The van der Waals surface area contributed by atoms with E-state index in [4.69, 9.17) is 11.6 Å². The van der Waals surface area contributed by atoms with Crippen LogP contribution >= 0.6 is 11.6 Å². The second-order valence-electron chi connectivity index (χ2n) is 4.63. The molecule has 1 heterocycles. The van der Waals surface area contributed by atoms with Crippen LogP contribution in [-0.2, 0) is 0 Å². The number of aromatic nitrogens is 1. The van der Waals surface area contributed by atoms with Gasteiger partial charge in [0.15, 0.2) is 0 Å². The van der Waals surface area contributed by atoms with E-state index in [0.29, 0.717) is 22.1 Å². The number of rotatable bonds is 4. The Morgan fingerprint density at radius 1 is 1.20 bits per heavy atom. The zero-order valence-electron chi connectivity index (χ0n) is 11.4. The number of para-hydroxylation sites is 1. The van der Waals surface area contributed by atoms with Gasteiger partial charge in [0, 0.05) is 12.2 Å². The maximum Gasteiger partial charge on any atom is 0.259 e. The van der Waals surface area contributed by atoms with Crippen LogP contribution in [0.25, 0.3) is 0 Å². The third-order valence-electron chi connectivity index (χ3n) is 2.60. The van der Waals surface area contributed by atoms with Gasteiger partial charge >= 0.3 is 0 Å². The number of pyridine rings is 1. The third kappa shape index (κ3) is 3.48. The van der Waals surface area contributed by atoms with Gasteiger partial charge in [-0.2, -0.15) is 0 Å². The van der Waals surface area contributed by atoms with Crippen molar-refractivity contribution in [1.29, 1.82) is 0 Å². The molecule has 4 nitrogen and oxygen atoms in total. The number of hydrogen-bond acceptors (Lipinski definition) is 3. The highest BCUT2D eigenvalue weighted by Crippen LogP contribution is 2.22. The van der Waals surface area contributed by atoms with Crippen molar-refractivity contribution in [3.05, 3.63) is 53.2 Å². The first-order chi connectivity index (χ1) is 9.58. The van der Waals surface area contributed by atoms with Gasteiger partial charge in [0.1, 0.15) is 5.82 Å². The molecule has 0 atom stereocenters. The summed E-state index contributed by atoms with van der Waals surface area (Å²) < 4.78 is 0. The van der Waals surface area contributed by atoms with Gasteiger partial charge in [-0.1, -0.05) is 23.7 Å². The predicted octanol–water partition coefficient (Wildman–Crippen LogP) is 3.81. The summed E-state index contributed by atoms with van der Waals surface area (Å²) in [7, 11) is 0. The summed E-state index contributed by atoms with van der Waals surface area (Å²) in [5, 5.41) is 6.44. The normalized spacial score (nSPS) is 10.4. The number of amides is 1. The van der Waals surface area contributed by atoms with Gasteiger partial charge in [0.05, 0.1) is 16.3 Å². The number of halogens is 1. The predicted molar refractivity (Wildman–Crippen MR) is 82.4 cm³/mol. The van der Waals surface area contributed by atoms with E-state index in [9.17, 15) is 4.79 Å². The van der Waals surface area contributed by atoms with Gasteiger partial charge in [-0.3, -0.25) is 4.79 Å². The van der Waals surface area contributed by atoms with Crippen LogP contribution in [0.15, 0.2) is 42.6 Å². The van der Waals surface area contributed by atoms with Gasteiger partial charge in [-0.15, -0.1) is 0 Å². The van der Waals surface area contributed by atoms with Crippen molar-refractivity contribution >= 4 is 29.0 Å². The molecule has 2 N–H and O–H groups in total. The van der Waals surface area contributed by atoms with E-state index < -0.39 is 0 Å². The molecule has 0 unspecified atom stereocenters.